The summed E-state index contributed by atoms with van der Waals surface area (Å²) in [6.45, 7) is 0.732. The Morgan fingerprint density at radius 3 is 2.48 bits per heavy atom. The molecule has 0 spiro atoms. The van der Waals surface area contributed by atoms with Crippen LogP contribution in [0.3, 0.4) is 0 Å². The molecule has 1 aromatic carbocycles. The first-order chi connectivity index (χ1) is 11.3. The summed E-state index contributed by atoms with van der Waals surface area (Å²) in [5, 5.41) is 2.96. The molecule has 1 aromatic heterocycles. The van der Waals surface area contributed by atoms with E-state index in [-0.39, 0.29) is 5.91 Å². The topological polar surface area (TPSA) is 54.9 Å². The number of nitrogens with zero attached hydrogens (tertiary/aromatic N) is 2. The highest BCUT2D eigenvalue weighted by molar-refractivity contribution is 5.93. The molecule has 4 heteroatoms. The van der Waals surface area contributed by atoms with Gasteiger partial charge in [0, 0.05) is 24.5 Å². The Morgan fingerprint density at radius 1 is 1.09 bits per heavy atom. The lowest BCUT2D eigenvalue weighted by Crippen LogP contribution is -2.25. The number of hydrogen-bond donors (Lipinski definition) is 1. The van der Waals surface area contributed by atoms with E-state index in [2.05, 4.69) is 15.3 Å². The van der Waals surface area contributed by atoms with Crippen molar-refractivity contribution < 1.29 is 4.79 Å². The quantitative estimate of drug-likeness (QED) is 0.825. The summed E-state index contributed by atoms with van der Waals surface area (Å²) in [5.74, 6) is 1.43. The Kier molecular flexibility index (Phi) is 5.35. The largest absolute Gasteiger partial charge is 0.352 e. The molecule has 23 heavy (non-hydrogen) atoms. The number of nitrogens with one attached hydrogen (secondary N) is 1. The predicted molar refractivity (Wildman–Crippen MR) is 91.0 cm³/mol. The molecule has 1 heterocycles. The van der Waals surface area contributed by atoms with Gasteiger partial charge >= 0.3 is 0 Å². The van der Waals surface area contributed by atoms with Crippen LogP contribution in [0.2, 0.25) is 0 Å². The molecule has 0 saturated heterocycles. The van der Waals surface area contributed by atoms with E-state index in [0.29, 0.717) is 11.4 Å². The van der Waals surface area contributed by atoms with Crippen LogP contribution >= 0.6 is 0 Å². The summed E-state index contributed by atoms with van der Waals surface area (Å²) < 4.78 is 0. The highest BCUT2D eigenvalue weighted by Crippen LogP contribution is 2.28. The maximum absolute atomic E-state index is 12.1. The number of carbonyl (C=O) groups excluding carboxylic acids is 1. The van der Waals surface area contributed by atoms with E-state index in [1.165, 1.54) is 32.1 Å². The van der Waals surface area contributed by atoms with E-state index < -0.39 is 0 Å². The summed E-state index contributed by atoms with van der Waals surface area (Å²) in [4.78, 5) is 20.7. The Bertz CT molecular complexity index is 619. The first kappa shape index (κ1) is 15.7. The van der Waals surface area contributed by atoms with Crippen LogP contribution in [0.1, 0.15) is 48.9 Å². The van der Waals surface area contributed by atoms with Crippen molar-refractivity contribution in [2.45, 2.75) is 38.5 Å². The van der Waals surface area contributed by atoms with Crippen molar-refractivity contribution in [3.63, 3.8) is 0 Å². The molecule has 4 nitrogen and oxygen atoms in total. The van der Waals surface area contributed by atoms with Crippen molar-refractivity contribution in [1.29, 1.82) is 0 Å². The Balaban J connectivity index is 1.47. The average Bonchev–Trinajstić information content (AvgIpc) is 3.13. The van der Waals surface area contributed by atoms with Crippen LogP contribution in [0, 0.1) is 5.92 Å². The molecule has 0 aliphatic heterocycles. The van der Waals surface area contributed by atoms with Gasteiger partial charge in [0.2, 0.25) is 0 Å². The molecule has 0 unspecified atom stereocenters. The van der Waals surface area contributed by atoms with Gasteiger partial charge in [-0.2, -0.15) is 0 Å². The second-order valence-corrected chi connectivity index (χ2v) is 6.21. The Morgan fingerprint density at radius 2 is 1.78 bits per heavy atom. The second kappa shape index (κ2) is 7.86. The minimum Gasteiger partial charge on any atom is -0.352 e. The average molecular weight is 309 g/mol. The van der Waals surface area contributed by atoms with E-state index in [1.807, 2.05) is 30.3 Å². The van der Waals surface area contributed by atoms with E-state index in [4.69, 9.17) is 0 Å². The van der Waals surface area contributed by atoms with Crippen LogP contribution < -0.4 is 5.32 Å². The van der Waals surface area contributed by atoms with Crippen molar-refractivity contribution in [3.05, 3.63) is 48.3 Å². The smallest absolute Gasteiger partial charge is 0.254 e. The fourth-order valence-corrected chi connectivity index (χ4v) is 3.18. The first-order valence-electron chi connectivity index (χ1n) is 8.48. The zero-order chi connectivity index (χ0) is 15.9. The SMILES string of the molecule is O=C(NCCCC1CCCC1)c1cnc(-c2ccccc2)nc1. The molecule has 1 fully saturated rings. The summed E-state index contributed by atoms with van der Waals surface area (Å²) in [7, 11) is 0. The molecule has 2 aromatic rings. The van der Waals surface area contributed by atoms with Gasteiger partial charge in [0.25, 0.3) is 5.91 Å². The zero-order valence-corrected chi connectivity index (χ0v) is 13.4. The van der Waals surface area contributed by atoms with E-state index in [0.717, 1.165) is 24.4 Å². The molecule has 1 saturated carbocycles. The summed E-state index contributed by atoms with van der Waals surface area (Å²) in [6.07, 6.45) is 11.0. The van der Waals surface area contributed by atoms with Crippen LogP contribution in [-0.4, -0.2) is 22.4 Å². The van der Waals surface area contributed by atoms with Crippen LogP contribution in [0.15, 0.2) is 42.7 Å². The molecule has 1 aliphatic rings. The lowest BCUT2D eigenvalue weighted by molar-refractivity contribution is 0.0951. The second-order valence-electron chi connectivity index (χ2n) is 6.21. The highest BCUT2D eigenvalue weighted by atomic mass is 16.1. The fourth-order valence-electron chi connectivity index (χ4n) is 3.18. The van der Waals surface area contributed by atoms with Gasteiger partial charge in [0.15, 0.2) is 5.82 Å². The molecule has 0 radical (unpaired) electrons. The van der Waals surface area contributed by atoms with Gasteiger partial charge in [-0.15, -0.1) is 0 Å². The fraction of sp³-hybridized carbons (Fsp3) is 0.421. The molecular weight excluding hydrogens is 286 g/mol. The zero-order valence-electron chi connectivity index (χ0n) is 13.4. The van der Waals surface area contributed by atoms with Crippen LogP contribution in [0.25, 0.3) is 11.4 Å². The molecule has 120 valence electrons. The van der Waals surface area contributed by atoms with Gasteiger partial charge in [-0.05, 0) is 18.8 Å². The van der Waals surface area contributed by atoms with Crippen LogP contribution in [0.4, 0.5) is 0 Å². The van der Waals surface area contributed by atoms with E-state index >= 15 is 0 Å². The van der Waals surface area contributed by atoms with Gasteiger partial charge in [-0.25, -0.2) is 9.97 Å². The predicted octanol–water partition coefficient (Wildman–Crippen LogP) is 3.84. The first-order valence-corrected chi connectivity index (χ1v) is 8.48. The van der Waals surface area contributed by atoms with Gasteiger partial charge in [-0.1, -0.05) is 56.0 Å². The summed E-state index contributed by atoms with van der Waals surface area (Å²) in [5.41, 5.74) is 1.47. The number of carbonyl (C=O) groups is 1. The number of rotatable bonds is 6. The third-order valence-electron chi connectivity index (χ3n) is 4.50. The number of amides is 1. The molecule has 1 N–H and O–H groups in total. The highest BCUT2D eigenvalue weighted by Gasteiger charge is 2.14. The van der Waals surface area contributed by atoms with Crippen molar-refractivity contribution in [3.8, 4) is 11.4 Å². The number of aromatic nitrogens is 2. The number of hydrogen-bond acceptors (Lipinski definition) is 3. The summed E-state index contributed by atoms with van der Waals surface area (Å²) >= 11 is 0. The Labute approximate surface area is 137 Å². The molecular formula is C19H23N3O. The van der Waals surface area contributed by atoms with Crippen molar-refractivity contribution in [1.82, 2.24) is 15.3 Å². The lowest BCUT2D eigenvalue weighted by Gasteiger charge is -2.09. The minimum absolute atomic E-state index is 0.0870. The van der Waals surface area contributed by atoms with E-state index in [9.17, 15) is 4.79 Å². The molecule has 0 bridgehead atoms. The van der Waals surface area contributed by atoms with Gasteiger partial charge in [0.1, 0.15) is 0 Å². The van der Waals surface area contributed by atoms with Gasteiger partial charge in [-0.3, -0.25) is 4.79 Å². The van der Waals surface area contributed by atoms with Crippen molar-refractivity contribution in [2.75, 3.05) is 6.54 Å². The van der Waals surface area contributed by atoms with Crippen molar-refractivity contribution in [2.24, 2.45) is 5.92 Å². The number of benzene rings is 1. The monoisotopic (exact) mass is 309 g/mol. The van der Waals surface area contributed by atoms with Crippen LogP contribution in [0.5, 0.6) is 0 Å². The Hall–Kier alpha value is -2.23. The molecule has 3 rings (SSSR count). The molecule has 1 amide bonds. The van der Waals surface area contributed by atoms with E-state index in [1.54, 1.807) is 12.4 Å². The normalized spacial score (nSPS) is 14.8. The standard InChI is InChI=1S/C19H23N3O/c23-19(20-12-6-9-15-7-4-5-8-15)17-13-21-18(22-14-17)16-10-2-1-3-11-16/h1-3,10-11,13-15H,4-9,12H2,(H,20,23). The van der Waals surface area contributed by atoms with Gasteiger partial charge in [0.05, 0.1) is 5.56 Å². The maximum Gasteiger partial charge on any atom is 0.254 e. The molecule has 1 aliphatic carbocycles. The van der Waals surface area contributed by atoms with Crippen LogP contribution in [-0.2, 0) is 0 Å². The lowest BCUT2D eigenvalue weighted by atomic mass is 10.0. The third-order valence-corrected chi connectivity index (χ3v) is 4.50. The molecule has 0 atom stereocenters. The maximum atomic E-state index is 12.1. The summed E-state index contributed by atoms with van der Waals surface area (Å²) in [6, 6.07) is 9.76. The third kappa shape index (κ3) is 4.38. The van der Waals surface area contributed by atoms with Crippen molar-refractivity contribution >= 4 is 5.91 Å². The minimum atomic E-state index is -0.0870. The van der Waals surface area contributed by atoms with Gasteiger partial charge < -0.3 is 5.32 Å².